The first-order valence-electron chi connectivity index (χ1n) is 10.8. The Morgan fingerprint density at radius 1 is 1.11 bits per heavy atom. The molecule has 4 bridgehead atoms. The van der Waals surface area contributed by atoms with Crippen molar-refractivity contribution in [3.63, 3.8) is 0 Å². The average Bonchev–Trinajstić information content (AvgIpc) is 3.12. The SMILES string of the molecule is Cc1ccc(NC(=O)[C@H]2CCCN2C(=O)C23CC4CC(CC(C4)C2)C3)c(Br)c1. The van der Waals surface area contributed by atoms with E-state index in [1.54, 1.807) is 0 Å². The number of hydrogen-bond acceptors (Lipinski definition) is 2. The molecule has 1 aromatic carbocycles. The van der Waals surface area contributed by atoms with Gasteiger partial charge in [0.15, 0.2) is 0 Å². The van der Waals surface area contributed by atoms with Gasteiger partial charge in [0.05, 0.1) is 11.1 Å². The summed E-state index contributed by atoms with van der Waals surface area (Å²) in [7, 11) is 0. The maximum atomic E-state index is 13.7. The van der Waals surface area contributed by atoms with Crippen molar-refractivity contribution in [2.24, 2.45) is 23.2 Å². The number of anilines is 1. The summed E-state index contributed by atoms with van der Waals surface area (Å²) in [6.07, 6.45) is 8.87. The van der Waals surface area contributed by atoms with E-state index in [-0.39, 0.29) is 23.3 Å². The van der Waals surface area contributed by atoms with Crippen molar-refractivity contribution in [2.45, 2.75) is 64.3 Å². The summed E-state index contributed by atoms with van der Waals surface area (Å²) in [5.74, 6) is 2.48. The molecule has 1 heterocycles. The van der Waals surface area contributed by atoms with Gasteiger partial charge in [0, 0.05) is 11.0 Å². The summed E-state index contributed by atoms with van der Waals surface area (Å²) in [4.78, 5) is 28.7. The smallest absolute Gasteiger partial charge is 0.247 e. The van der Waals surface area contributed by atoms with Crippen molar-refractivity contribution < 1.29 is 9.59 Å². The van der Waals surface area contributed by atoms with E-state index >= 15 is 0 Å². The van der Waals surface area contributed by atoms with Crippen molar-refractivity contribution >= 4 is 33.4 Å². The average molecular weight is 445 g/mol. The van der Waals surface area contributed by atoms with Gasteiger partial charge in [-0.2, -0.15) is 0 Å². The topological polar surface area (TPSA) is 49.4 Å². The Balaban J connectivity index is 1.34. The van der Waals surface area contributed by atoms with Crippen LogP contribution < -0.4 is 5.32 Å². The van der Waals surface area contributed by atoms with Gasteiger partial charge in [-0.3, -0.25) is 9.59 Å². The number of hydrogen-bond donors (Lipinski definition) is 1. The number of aryl methyl sites for hydroxylation is 1. The highest BCUT2D eigenvalue weighted by Crippen LogP contribution is 2.60. The van der Waals surface area contributed by atoms with Crippen LogP contribution in [0.3, 0.4) is 0 Å². The Bertz CT molecular complexity index is 786. The van der Waals surface area contributed by atoms with E-state index in [0.717, 1.165) is 72.1 Å². The van der Waals surface area contributed by atoms with Crippen molar-refractivity contribution in [2.75, 3.05) is 11.9 Å². The molecule has 5 heteroatoms. The van der Waals surface area contributed by atoms with Crippen LogP contribution in [0.2, 0.25) is 0 Å². The highest BCUT2D eigenvalue weighted by atomic mass is 79.9. The number of amides is 2. The molecule has 28 heavy (non-hydrogen) atoms. The molecule has 150 valence electrons. The van der Waals surface area contributed by atoms with E-state index in [9.17, 15) is 9.59 Å². The van der Waals surface area contributed by atoms with E-state index in [4.69, 9.17) is 0 Å². The molecule has 1 aliphatic heterocycles. The number of halogens is 1. The Morgan fingerprint density at radius 2 is 1.75 bits per heavy atom. The second kappa shape index (κ2) is 6.86. The minimum absolute atomic E-state index is 0.0415. The summed E-state index contributed by atoms with van der Waals surface area (Å²) in [5, 5.41) is 3.06. The Kier molecular flexibility index (Phi) is 4.57. The second-order valence-corrected chi connectivity index (χ2v) is 10.7. The largest absolute Gasteiger partial charge is 0.330 e. The molecular weight excluding hydrogens is 416 g/mol. The summed E-state index contributed by atoms with van der Waals surface area (Å²) < 4.78 is 0.887. The van der Waals surface area contributed by atoms with Crippen LogP contribution >= 0.6 is 15.9 Å². The highest BCUT2D eigenvalue weighted by molar-refractivity contribution is 9.10. The van der Waals surface area contributed by atoms with Gasteiger partial charge in [-0.15, -0.1) is 0 Å². The number of rotatable bonds is 3. The highest BCUT2D eigenvalue weighted by Gasteiger charge is 2.56. The van der Waals surface area contributed by atoms with Gasteiger partial charge in [0.1, 0.15) is 6.04 Å². The van der Waals surface area contributed by atoms with E-state index in [0.29, 0.717) is 0 Å². The molecule has 5 fully saturated rings. The standard InChI is InChI=1S/C23H29BrN2O2/c1-14-4-5-19(18(24)7-14)25-21(27)20-3-2-6-26(20)22(28)23-11-15-8-16(12-23)10-17(9-15)13-23/h4-5,7,15-17,20H,2-3,6,8-13H2,1H3,(H,25,27)/t15?,16?,17?,20-,23?/m1/s1. The number of carbonyl (C=O) groups is 2. The van der Waals surface area contributed by atoms with Gasteiger partial charge in [-0.1, -0.05) is 6.07 Å². The van der Waals surface area contributed by atoms with Crippen LogP contribution in [0.25, 0.3) is 0 Å². The zero-order valence-corrected chi connectivity index (χ0v) is 18.1. The van der Waals surface area contributed by atoms with Crippen LogP contribution in [0.5, 0.6) is 0 Å². The number of likely N-dealkylation sites (tertiary alicyclic amines) is 1. The maximum Gasteiger partial charge on any atom is 0.247 e. The molecule has 0 aromatic heterocycles. The third kappa shape index (κ3) is 3.10. The predicted molar refractivity (Wildman–Crippen MR) is 113 cm³/mol. The molecule has 1 atom stereocenters. The van der Waals surface area contributed by atoms with Gasteiger partial charge in [-0.25, -0.2) is 0 Å². The first-order chi connectivity index (χ1) is 13.4. The predicted octanol–water partition coefficient (Wildman–Crippen LogP) is 4.90. The van der Waals surface area contributed by atoms with Crippen molar-refractivity contribution in [1.29, 1.82) is 0 Å². The molecule has 2 amide bonds. The van der Waals surface area contributed by atoms with Gasteiger partial charge in [-0.05, 0) is 110 Å². The lowest BCUT2D eigenvalue weighted by Crippen LogP contribution is -2.56. The minimum atomic E-state index is -0.325. The molecule has 1 saturated heterocycles. The molecular formula is C23H29BrN2O2. The molecule has 1 aromatic rings. The minimum Gasteiger partial charge on any atom is -0.330 e. The molecule has 4 saturated carbocycles. The van der Waals surface area contributed by atoms with Crippen LogP contribution in [-0.2, 0) is 9.59 Å². The van der Waals surface area contributed by atoms with Crippen LogP contribution in [-0.4, -0.2) is 29.3 Å². The zero-order chi connectivity index (χ0) is 19.5. The molecule has 0 unspecified atom stereocenters. The molecule has 6 rings (SSSR count). The van der Waals surface area contributed by atoms with E-state index in [1.807, 2.05) is 30.0 Å². The summed E-state index contributed by atoms with van der Waals surface area (Å²) in [6.45, 7) is 2.76. The molecule has 4 nitrogen and oxygen atoms in total. The normalized spacial score (nSPS) is 36.0. The van der Waals surface area contributed by atoms with Crippen molar-refractivity contribution in [3.8, 4) is 0 Å². The second-order valence-electron chi connectivity index (χ2n) is 9.83. The van der Waals surface area contributed by atoms with Crippen LogP contribution in [0, 0.1) is 30.1 Å². The van der Waals surface area contributed by atoms with Crippen LogP contribution in [0.4, 0.5) is 5.69 Å². The Labute approximate surface area is 175 Å². The number of nitrogens with zero attached hydrogens (tertiary/aromatic N) is 1. The number of nitrogens with one attached hydrogen (secondary N) is 1. The number of benzene rings is 1. The molecule has 0 spiro atoms. The van der Waals surface area contributed by atoms with E-state index in [1.165, 1.54) is 19.3 Å². The molecule has 5 aliphatic rings. The summed E-state index contributed by atoms with van der Waals surface area (Å²) in [6, 6.07) is 5.60. The molecule has 1 N–H and O–H groups in total. The Hall–Kier alpha value is -1.36. The van der Waals surface area contributed by atoms with Gasteiger partial charge in [0.2, 0.25) is 11.8 Å². The number of carbonyl (C=O) groups excluding carboxylic acids is 2. The fourth-order valence-corrected chi connectivity index (χ4v) is 7.49. The lowest BCUT2D eigenvalue weighted by molar-refractivity contribution is -0.160. The lowest BCUT2D eigenvalue weighted by Gasteiger charge is -2.56. The van der Waals surface area contributed by atoms with E-state index in [2.05, 4.69) is 21.2 Å². The molecule has 0 radical (unpaired) electrons. The first kappa shape index (κ1) is 18.7. The van der Waals surface area contributed by atoms with Crippen molar-refractivity contribution in [1.82, 2.24) is 4.90 Å². The molecule has 4 aliphatic carbocycles. The maximum absolute atomic E-state index is 13.7. The van der Waals surface area contributed by atoms with Crippen LogP contribution in [0.1, 0.15) is 56.9 Å². The monoisotopic (exact) mass is 444 g/mol. The summed E-state index contributed by atoms with van der Waals surface area (Å²) >= 11 is 3.54. The van der Waals surface area contributed by atoms with Gasteiger partial charge in [0.25, 0.3) is 0 Å². The fraction of sp³-hybridized carbons (Fsp3) is 0.652. The quantitative estimate of drug-likeness (QED) is 0.719. The Morgan fingerprint density at radius 3 is 2.36 bits per heavy atom. The van der Waals surface area contributed by atoms with E-state index < -0.39 is 0 Å². The lowest BCUT2D eigenvalue weighted by atomic mass is 9.49. The fourth-order valence-electron chi connectivity index (χ4n) is 6.90. The van der Waals surface area contributed by atoms with Gasteiger partial charge < -0.3 is 10.2 Å². The first-order valence-corrected chi connectivity index (χ1v) is 11.6. The van der Waals surface area contributed by atoms with Crippen LogP contribution in [0.15, 0.2) is 22.7 Å². The van der Waals surface area contributed by atoms with Gasteiger partial charge >= 0.3 is 0 Å². The third-order valence-corrected chi connectivity index (χ3v) is 8.35. The van der Waals surface area contributed by atoms with Crippen molar-refractivity contribution in [3.05, 3.63) is 28.2 Å². The zero-order valence-electron chi connectivity index (χ0n) is 16.5. The summed E-state index contributed by atoms with van der Waals surface area (Å²) in [5.41, 5.74) is 1.76. The third-order valence-electron chi connectivity index (χ3n) is 7.69.